The third kappa shape index (κ3) is 4.88. The SMILES string of the molecule is COc1cc(C(=O)c2cc(-c3nccs3)ccc2OS(=O)(=O)C(F)(F)F)cc(OC)c1OC. The van der Waals surface area contributed by atoms with Crippen LogP contribution in [-0.2, 0) is 10.1 Å². The molecule has 0 radical (unpaired) electrons. The van der Waals surface area contributed by atoms with E-state index in [4.69, 9.17) is 14.2 Å². The fraction of sp³-hybridized carbons (Fsp3) is 0.200. The van der Waals surface area contributed by atoms with E-state index in [1.54, 1.807) is 5.38 Å². The zero-order valence-corrected chi connectivity index (χ0v) is 18.9. The summed E-state index contributed by atoms with van der Waals surface area (Å²) in [5, 5.41) is 2.12. The molecule has 3 aromatic rings. The number of hydrogen-bond acceptors (Lipinski definition) is 9. The zero-order valence-electron chi connectivity index (χ0n) is 17.3. The Morgan fingerprint density at radius 2 is 1.61 bits per heavy atom. The summed E-state index contributed by atoms with van der Waals surface area (Å²) in [6.45, 7) is 0. The monoisotopic (exact) mass is 503 g/mol. The van der Waals surface area contributed by atoms with Gasteiger partial charge in [-0.25, -0.2) is 4.98 Å². The number of benzene rings is 2. The van der Waals surface area contributed by atoms with Crippen molar-refractivity contribution in [3.8, 4) is 33.6 Å². The van der Waals surface area contributed by atoms with Crippen LogP contribution in [0.5, 0.6) is 23.0 Å². The number of nitrogens with zero attached hydrogens (tertiary/aromatic N) is 1. The fourth-order valence-corrected chi connectivity index (χ4v) is 3.92. The highest BCUT2D eigenvalue weighted by molar-refractivity contribution is 7.88. The molecule has 0 amide bonds. The molecule has 176 valence electrons. The Balaban J connectivity index is 2.19. The maximum Gasteiger partial charge on any atom is 0.534 e. The number of alkyl halides is 3. The second kappa shape index (κ2) is 9.27. The van der Waals surface area contributed by atoms with Gasteiger partial charge in [-0.3, -0.25) is 4.79 Å². The minimum atomic E-state index is -6.03. The van der Waals surface area contributed by atoms with Gasteiger partial charge in [0, 0.05) is 22.7 Å². The molecule has 0 N–H and O–H groups in total. The summed E-state index contributed by atoms with van der Waals surface area (Å²) in [4.78, 5) is 17.4. The average molecular weight is 503 g/mol. The highest BCUT2D eigenvalue weighted by Crippen LogP contribution is 2.40. The maximum absolute atomic E-state index is 13.3. The summed E-state index contributed by atoms with van der Waals surface area (Å²) in [7, 11) is -2.04. The molecule has 1 heterocycles. The number of ketones is 1. The van der Waals surface area contributed by atoms with Gasteiger partial charge in [-0.05, 0) is 30.3 Å². The summed E-state index contributed by atoms with van der Waals surface area (Å²) >= 11 is 1.21. The number of thiazole rings is 1. The van der Waals surface area contributed by atoms with Crippen molar-refractivity contribution >= 4 is 27.2 Å². The predicted octanol–water partition coefficient (Wildman–Crippen LogP) is 4.30. The van der Waals surface area contributed by atoms with E-state index in [1.807, 2.05) is 0 Å². The van der Waals surface area contributed by atoms with E-state index in [1.165, 1.54) is 63.1 Å². The van der Waals surface area contributed by atoms with Gasteiger partial charge in [0.05, 0.1) is 26.9 Å². The number of carbonyl (C=O) groups excluding carboxylic acids is 1. The number of rotatable bonds is 8. The van der Waals surface area contributed by atoms with E-state index in [-0.39, 0.29) is 22.8 Å². The normalized spacial score (nSPS) is 11.7. The molecule has 3 rings (SSSR count). The highest BCUT2D eigenvalue weighted by Gasteiger charge is 2.49. The van der Waals surface area contributed by atoms with Crippen molar-refractivity contribution in [2.75, 3.05) is 21.3 Å². The van der Waals surface area contributed by atoms with Gasteiger partial charge < -0.3 is 18.4 Å². The molecule has 0 aliphatic rings. The van der Waals surface area contributed by atoms with Gasteiger partial charge in [-0.1, -0.05) is 0 Å². The maximum atomic E-state index is 13.3. The van der Waals surface area contributed by atoms with Crippen LogP contribution in [0, 0.1) is 0 Å². The van der Waals surface area contributed by atoms with Gasteiger partial charge in [-0.15, -0.1) is 11.3 Å². The third-order valence-electron chi connectivity index (χ3n) is 4.31. The van der Waals surface area contributed by atoms with E-state index in [0.29, 0.717) is 10.6 Å². The van der Waals surface area contributed by atoms with Crippen molar-refractivity contribution in [2.45, 2.75) is 5.51 Å². The molecule has 0 unspecified atom stereocenters. The quantitative estimate of drug-likeness (QED) is 0.255. The number of ether oxygens (including phenoxy) is 3. The first-order valence-electron chi connectivity index (χ1n) is 8.91. The summed E-state index contributed by atoms with van der Waals surface area (Å²) in [6, 6.07) is 6.02. The van der Waals surface area contributed by atoms with Crippen LogP contribution in [0.4, 0.5) is 13.2 Å². The van der Waals surface area contributed by atoms with E-state index < -0.39 is 32.7 Å². The number of hydrogen-bond donors (Lipinski definition) is 0. The second-order valence-electron chi connectivity index (χ2n) is 6.27. The van der Waals surface area contributed by atoms with Gasteiger partial charge in [0.15, 0.2) is 23.0 Å². The van der Waals surface area contributed by atoms with Crippen molar-refractivity contribution in [1.82, 2.24) is 4.98 Å². The van der Waals surface area contributed by atoms with Gasteiger partial charge in [0.25, 0.3) is 0 Å². The van der Waals surface area contributed by atoms with Gasteiger partial charge >= 0.3 is 15.6 Å². The lowest BCUT2D eigenvalue weighted by Crippen LogP contribution is -2.28. The lowest BCUT2D eigenvalue weighted by atomic mass is 9.99. The summed E-state index contributed by atoms with van der Waals surface area (Å²) in [5.41, 5.74) is -5.83. The zero-order chi connectivity index (χ0) is 24.4. The second-order valence-corrected chi connectivity index (χ2v) is 8.71. The van der Waals surface area contributed by atoms with Gasteiger partial charge in [0.1, 0.15) is 5.01 Å². The molecule has 0 saturated heterocycles. The van der Waals surface area contributed by atoms with E-state index >= 15 is 0 Å². The summed E-state index contributed by atoms with van der Waals surface area (Å²) in [5.74, 6) is -1.24. The molecular weight excluding hydrogens is 487 g/mol. The van der Waals surface area contributed by atoms with E-state index in [9.17, 15) is 26.4 Å². The molecule has 0 aliphatic heterocycles. The first-order valence-corrected chi connectivity index (χ1v) is 11.2. The molecule has 0 spiro atoms. The summed E-state index contributed by atoms with van der Waals surface area (Å²) in [6.07, 6.45) is 1.50. The number of carbonyl (C=O) groups is 1. The molecule has 0 aliphatic carbocycles. The summed E-state index contributed by atoms with van der Waals surface area (Å²) < 4.78 is 81.8. The standard InChI is InChI=1S/C20H16F3NO7S2/c1-28-15-9-12(10-16(29-2)18(15)30-3)17(25)13-8-11(19-24-6-7-32-19)4-5-14(13)31-33(26,27)20(21,22)23/h4-10H,1-3H3. The average Bonchev–Trinajstić information content (AvgIpc) is 3.31. The number of halogens is 3. The van der Waals surface area contributed by atoms with Crippen LogP contribution in [0.25, 0.3) is 10.6 Å². The third-order valence-corrected chi connectivity index (χ3v) is 6.10. The van der Waals surface area contributed by atoms with Crippen LogP contribution < -0.4 is 18.4 Å². The Morgan fingerprint density at radius 3 is 2.09 bits per heavy atom. The van der Waals surface area contributed by atoms with Crippen LogP contribution in [0.1, 0.15) is 15.9 Å². The van der Waals surface area contributed by atoms with Crippen LogP contribution in [0.3, 0.4) is 0 Å². The smallest absolute Gasteiger partial charge is 0.493 e. The largest absolute Gasteiger partial charge is 0.534 e. The molecule has 2 aromatic carbocycles. The van der Waals surface area contributed by atoms with Gasteiger partial charge in [-0.2, -0.15) is 21.6 Å². The first-order chi connectivity index (χ1) is 15.5. The van der Waals surface area contributed by atoms with Crippen LogP contribution in [0.2, 0.25) is 0 Å². The van der Waals surface area contributed by atoms with Crippen molar-refractivity contribution < 1.29 is 44.8 Å². The number of methoxy groups -OCH3 is 3. The van der Waals surface area contributed by atoms with Crippen molar-refractivity contribution in [3.63, 3.8) is 0 Å². The molecule has 33 heavy (non-hydrogen) atoms. The Hall–Kier alpha value is -3.32. The minimum Gasteiger partial charge on any atom is -0.493 e. The van der Waals surface area contributed by atoms with Crippen LogP contribution in [-0.4, -0.2) is 46.0 Å². The van der Waals surface area contributed by atoms with Crippen molar-refractivity contribution in [1.29, 1.82) is 0 Å². The fourth-order valence-electron chi connectivity index (χ4n) is 2.81. The molecule has 0 fully saturated rings. The van der Waals surface area contributed by atoms with E-state index in [0.717, 1.165) is 6.07 Å². The molecule has 8 nitrogen and oxygen atoms in total. The topological polar surface area (TPSA) is 101 Å². The Labute approximate surface area is 190 Å². The van der Waals surface area contributed by atoms with E-state index in [2.05, 4.69) is 9.17 Å². The molecule has 13 heteroatoms. The molecule has 0 bridgehead atoms. The first kappa shape index (κ1) is 24.3. The lowest BCUT2D eigenvalue weighted by molar-refractivity contribution is -0.0500. The van der Waals surface area contributed by atoms with Crippen LogP contribution in [0.15, 0.2) is 41.9 Å². The predicted molar refractivity (Wildman–Crippen MR) is 113 cm³/mol. The Kier molecular flexibility index (Phi) is 6.84. The minimum absolute atomic E-state index is 0.0740. The highest BCUT2D eigenvalue weighted by atomic mass is 32.2. The molecule has 1 aromatic heterocycles. The lowest BCUT2D eigenvalue weighted by Gasteiger charge is -2.16. The molecule has 0 atom stereocenters. The molecule has 0 saturated carbocycles. The van der Waals surface area contributed by atoms with Gasteiger partial charge in [0.2, 0.25) is 5.75 Å². The number of aromatic nitrogens is 1. The van der Waals surface area contributed by atoms with Crippen molar-refractivity contribution in [2.24, 2.45) is 0 Å². The Bertz CT molecular complexity index is 1250. The van der Waals surface area contributed by atoms with Crippen LogP contribution >= 0.6 is 11.3 Å². The van der Waals surface area contributed by atoms with Crippen molar-refractivity contribution in [3.05, 3.63) is 53.0 Å². The Morgan fingerprint density at radius 1 is 0.970 bits per heavy atom. The molecular formula is C20H16F3NO7S2.